The number of ether oxygens (including phenoxy) is 1. The monoisotopic (exact) mass is 245 g/mol. The van der Waals surface area contributed by atoms with Crippen molar-refractivity contribution in [2.75, 3.05) is 12.4 Å². The van der Waals surface area contributed by atoms with Gasteiger partial charge in [-0.05, 0) is 24.3 Å². The van der Waals surface area contributed by atoms with Gasteiger partial charge in [0.2, 0.25) is 0 Å². The molecule has 1 aromatic carbocycles. The minimum atomic E-state index is -0.509. The molecule has 2 aromatic rings. The number of hydrogen-bond donors (Lipinski definition) is 1. The molecule has 1 aromatic heterocycles. The Morgan fingerprint density at radius 3 is 2.61 bits per heavy atom. The Balaban J connectivity index is 2.24. The molecule has 0 bridgehead atoms. The molecule has 5 nitrogen and oxygen atoms in total. The summed E-state index contributed by atoms with van der Waals surface area (Å²) in [5.41, 5.74) is 0.672. The van der Waals surface area contributed by atoms with Crippen molar-refractivity contribution in [3.8, 4) is 0 Å². The van der Waals surface area contributed by atoms with Gasteiger partial charge in [-0.15, -0.1) is 0 Å². The zero-order chi connectivity index (χ0) is 13.0. The number of methoxy groups -OCH3 is 1. The van der Waals surface area contributed by atoms with Gasteiger partial charge in [0.1, 0.15) is 0 Å². The number of anilines is 1. The fourth-order valence-corrected chi connectivity index (χ4v) is 1.47. The number of para-hydroxylation sites is 1. The smallest absolute Gasteiger partial charge is 0.339 e. The van der Waals surface area contributed by atoms with E-state index in [1.54, 1.807) is 30.3 Å². The fourth-order valence-electron chi connectivity index (χ4n) is 1.47. The van der Waals surface area contributed by atoms with Gasteiger partial charge in [0.05, 0.1) is 24.6 Å². The molecular formula is C13H11NO4. The van der Waals surface area contributed by atoms with Gasteiger partial charge in [-0.2, -0.15) is 0 Å². The maximum atomic E-state index is 11.8. The Labute approximate surface area is 103 Å². The van der Waals surface area contributed by atoms with E-state index in [4.69, 9.17) is 4.42 Å². The number of carbonyl (C=O) groups excluding carboxylic acids is 2. The van der Waals surface area contributed by atoms with Crippen LogP contribution in [0.3, 0.4) is 0 Å². The average molecular weight is 245 g/mol. The number of amides is 1. The van der Waals surface area contributed by atoms with Gasteiger partial charge >= 0.3 is 5.97 Å². The highest BCUT2D eigenvalue weighted by atomic mass is 16.5. The number of hydrogen-bond acceptors (Lipinski definition) is 4. The molecule has 92 valence electrons. The lowest BCUT2D eigenvalue weighted by molar-refractivity contribution is 0.0602. The summed E-state index contributed by atoms with van der Waals surface area (Å²) in [6.45, 7) is 0. The van der Waals surface area contributed by atoms with E-state index in [1.807, 2.05) is 0 Å². The van der Waals surface area contributed by atoms with Crippen molar-refractivity contribution < 1.29 is 18.7 Å². The van der Waals surface area contributed by atoms with Crippen molar-refractivity contribution in [3.63, 3.8) is 0 Å². The Morgan fingerprint density at radius 1 is 1.17 bits per heavy atom. The van der Waals surface area contributed by atoms with Crippen molar-refractivity contribution in [1.82, 2.24) is 0 Å². The molecular weight excluding hydrogens is 234 g/mol. The Bertz CT molecular complexity index is 560. The largest absolute Gasteiger partial charge is 0.465 e. The van der Waals surface area contributed by atoms with E-state index in [0.717, 1.165) is 0 Å². The van der Waals surface area contributed by atoms with Gasteiger partial charge in [-0.3, -0.25) is 4.79 Å². The van der Waals surface area contributed by atoms with E-state index in [9.17, 15) is 9.59 Å². The number of esters is 1. The third-order valence-electron chi connectivity index (χ3n) is 2.33. The van der Waals surface area contributed by atoms with Crippen LogP contribution in [-0.4, -0.2) is 19.0 Å². The van der Waals surface area contributed by atoms with E-state index in [0.29, 0.717) is 11.3 Å². The van der Waals surface area contributed by atoms with E-state index in [-0.39, 0.29) is 5.76 Å². The van der Waals surface area contributed by atoms with E-state index < -0.39 is 11.9 Å². The van der Waals surface area contributed by atoms with Gasteiger partial charge in [0.15, 0.2) is 5.76 Å². The molecule has 0 radical (unpaired) electrons. The molecule has 18 heavy (non-hydrogen) atoms. The number of rotatable bonds is 3. The lowest BCUT2D eigenvalue weighted by Gasteiger charge is -2.08. The van der Waals surface area contributed by atoms with Gasteiger partial charge in [-0.1, -0.05) is 12.1 Å². The summed E-state index contributed by atoms with van der Waals surface area (Å²) in [5.74, 6) is -0.753. The molecule has 0 saturated carbocycles. The number of furan rings is 1. The summed E-state index contributed by atoms with van der Waals surface area (Å²) in [4.78, 5) is 23.3. The standard InChI is InChI=1S/C13H11NO4/c1-17-13(16)9-5-2-3-6-10(9)14-12(15)11-7-4-8-18-11/h2-8H,1H3,(H,14,15). The van der Waals surface area contributed by atoms with E-state index in [1.165, 1.54) is 19.4 Å². The second-order valence-corrected chi connectivity index (χ2v) is 3.47. The summed E-state index contributed by atoms with van der Waals surface area (Å²) < 4.78 is 9.60. The minimum Gasteiger partial charge on any atom is -0.465 e. The Kier molecular flexibility index (Phi) is 3.43. The second kappa shape index (κ2) is 5.18. The zero-order valence-electron chi connectivity index (χ0n) is 9.67. The van der Waals surface area contributed by atoms with Gasteiger partial charge in [0.25, 0.3) is 5.91 Å². The molecule has 5 heteroatoms. The zero-order valence-corrected chi connectivity index (χ0v) is 9.67. The van der Waals surface area contributed by atoms with Gasteiger partial charge in [0, 0.05) is 0 Å². The molecule has 1 heterocycles. The van der Waals surface area contributed by atoms with Crippen molar-refractivity contribution in [2.45, 2.75) is 0 Å². The lowest BCUT2D eigenvalue weighted by atomic mass is 10.2. The van der Waals surface area contributed by atoms with Crippen LogP contribution in [0.25, 0.3) is 0 Å². The highest BCUT2D eigenvalue weighted by molar-refractivity contribution is 6.06. The maximum absolute atomic E-state index is 11.8. The highest BCUT2D eigenvalue weighted by Gasteiger charge is 2.15. The van der Waals surface area contributed by atoms with Gasteiger partial charge < -0.3 is 14.5 Å². The van der Waals surface area contributed by atoms with Crippen molar-refractivity contribution in [1.29, 1.82) is 0 Å². The summed E-state index contributed by atoms with van der Waals surface area (Å²) in [5, 5.41) is 2.59. The number of benzene rings is 1. The summed E-state index contributed by atoms with van der Waals surface area (Å²) in [6, 6.07) is 9.74. The molecule has 0 aliphatic heterocycles. The maximum Gasteiger partial charge on any atom is 0.339 e. The first kappa shape index (κ1) is 11.9. The lowest BCUT2D eigenvalue weighted by Crippen LogP contribution is -2.14. The molecule has 1 N–H and O–H groups in total. The summed E-state index contributed by atoms with van der Waals surface area (Å²) >= 11 is 0. The Hall–Kier alpha value is -2.56. The van der Waals surface area contributed by atoms with Crippen LogP contribution in [0.15, 0.2) is 47.1 Å². The molecule has 0 unspecified atom stereocenters. The quantitative estimate of drug-likeness (QED) is 0.842. The first-order valence-corrected chi connectivity index (χ1v) is 5.24. The number of nitrogens with one attached hydrogen (secondary N) is 1. The summed E-state index contributed by atoms with van der Waals surface area (Å²) in [6.07, 6.45) is 1.40. The van der Waals surface area contributed by atoms with E-state index in [2.05, 4.69) is 10.1 Å². The predicted octanol–water partition coefficient (Wildman–Crippen LogP) is 2.32. The first-order chi connectivity index (χ1) is 8.72. The molecule has 0 fully saturated rings. The second-order valence-electron chi connectivity index (χ2n) is 3.47. The van der Waals surface area contributed by atoms with E-state index >= 15 is 0 Å². The highest BCUT2D eigenvalue weighted by Crippen LogP contribution is 2.17. The number of carbonyl (C=O) groups is 2. The van der Waals surface area contributed by atoms with Crippen LogP contribution in [-0.2, 0) is 4.74 Å². The third-order valence-corrected chi connectivity index (χ3v) is 2.33. The molecule has 2 rings (SSSR count). The van der Waals surface area contributed by atoms with Crippen LogP contribution in [0.4, 0.5) is 5.69 Å². The Morgan fingerprint density at radius 2 is 1.94 bits per heavy atom. The van der Waals surface area contributed by atoms with Crippen LogP contribution in [0, 0.1) is 0 Å². The topological polar surface area (TPSA) is 68.5 Å². The van der Waals surface area contributed by atoms with Crippen LogP contribution in [0.1, 0.15) is 20.9 Å². The molecule has 0 atom stereocenters. The molecule has 0 spiro atoms. The molecule has 0 saturated heterocycles. The molecule has 0 aliphatic carbocycles. The minimum absolute atomic E-state index is 0.176. The molecule has 0 aliphatic rings. The van der Waals surface area contributed by atoms with Crippen LogP contribution in [0.5, 0.6) is 0 Å². The third kappa shape index (κ3) is 2.40. The first-order valence-electron chi connectivity index (χ1n) is 5.24. The van der Waals surface area contributed by atoms with Crippen LogP contribution >= 0.6 is 0 Å². The normalized spacial score (nSPS) is 9.83. The fraction of sp³-hybridized carbons (Fsp3) is 0.0769. The summed E-state index contributed by atoms with van der Waals surface area (Å²) in [7, 11) is 1.29. The predicted molar refractivity (Wildman–Crippen MR) is 64.4 cm³/mol. The van der Waals surface area contributed by atoms with Crippen molar-refractivity contribution in [3.05, 3.63) is 54.0 Å². The molecule has 1 amide bonds. The average Bonchev–Trinajstić information content (AvgIpc) is 2.92. The van der Waals surface area contributed by atoms with Crippen LogP contribution in [0.2, 0.25) is 0 Å². The van der Waals surface area contributed by atoms with Crippen molar-refractivity contribution in [2.24, 2.45) is 0 Å². The van der Waals surface area contributed by atoms with Crippen molar-refractivity contribution >= 4 is 17.6 Å². The van der Waals surface area contributed by atoms with Crippen LogP contribution < -0.4 is 5.32 Å². The SMILES string of the molecule is COC(=O)c1ccccc1NC(=O)c1ccco1. The van der Waals surface area contributed by atoms with Gasteiger partial charge in [-0.25, -0.2) is 4.79 Å².